The number of rotatable bonds is 4. The minimum atomic E-state index is -4.29. The Kier molecular flexibility index (Phi) is 4.65. The number of nitriles is 2. The standard InChI is InChI=1S/C18H12N4O4S/c1-12-8-18(26-16-5-2-13(10-19)14(9-16)11-20)22(21-12)15-3-6-17(7-4-15)27(23,24)25/h2-9H,1H3,(H,23,24,25). The Bertz CT molecular complexity index is 1200. The van der Waals surface area contributed by atoms with Crippen molar-refractivity contribution in [1.29, 1.82) is 10.5 Å². The van der Waals surface area contributed by atoms with Gasteiger partial charge in [-0.2, -0.15) is 24.0 Å². The Labute approximate surface area is 155 Å². The van der Waals surface area contributed by atoms with Crippen molar-refractivity contribution >= 4 is 10.1 Å². The molecule has 0 radical (unpaired) electrons. The van der Waals surface area contributed by atoms with Crippen molar-refractivity contribution in [1.82, 2.24) is 9.78 Å². The number of hydrogen-bond donors (Lipinski definition) is 1. The lowest BCUT2D eigenvalue weighted by atomic mass is 10.1. The fourth-order valence-corrected chi connectivity index (χ4v) is 2.87. The van der Waals surface area contributed by atoms with Crippen molar-refractivity contribution in [2.45, 2.75) is 11.8 Å². The molecular formula is C18H12N4O4S. The van der Waals surface area contributed by atoms with Crippen LogP contribution in [0.15, 0.2) is 53.4 Å². The maximum absolute atomic E-state index is 11.2. The van der Waals surface area contributed by atoms with E-state index < -0.39 is 10.1 Å². The van der Waals surface area contributed by atoms with Gasteiger partial charge in [0.2, 0.25) is 5.88 Å². The predicted octanol–water partition coefficient (Wildman–Crippen LogP) is 2.96. The summed E-state index contributed by atoms with van der Waals surface area (Å²) in [6.45, 7) is 1.76. The Balaban J connectivity index is 1.98. The molecule has 0 saturated carbocycles. The van der Waals surface area contributed by atoms with Crippen molar-refractivity contribution in [2.75, 3.05) is 0 Å². The van der Waals surface area contributed by atoms with E-state index in [1.54, 1.807) is 19.1 Å². The summed E-state index contributed by atoms with van der Waals surface area (Å²) < 4.78 is 38.6. The molecule has 2 aromatic carbocycles. The molecule has 1 heterocycles. The van der Waals surface area contributed by atoms with Crippen LogP contribution in [0, 0.1) is 29.6 Å². The average molecular weight is 380 g/mol. The number of benzene rings is 2. The fourth-order valence-electron chi connectivity index (χ4n) is 2.39. The third-order valence-electron chi connectivity index (χ3n) is 3.63. The highest BCUT2D eigenvalue weighted by Crippen LogP contribution is 2.27. The third-order valence-corrected chi connectivity index (χ3v) is 4.50. The molecule has 0 fully saturated rings. The number of ether oxygens (including phenoxy) is 1. The second kappa shape index (κ2) is 6.92. The molecule has 0 aliphatic heterocycles. The molecule has 0 bridgehead atoms. The van der Waals surface area contributed by atoms with Crippen LogP contribution in [0.3, 0.4) is 0 Å². The fraction of sp³-hybridized carbons (Fsp3) is 0.0556. The van der Waals surface area contributed by atoms with E-state index >= 15 is 0 Å². The summed E-state index contributed by atoms with van der Waals surface area (Å²) in [5.74, 6) is 0.682. The zero-order valence-electron chi connectivity index (χ0n) is 14.0. The summed E-state index contributed by atoms with van der Waals surface area (Å²) in [5.41, 5.74) is 1.60. The van der Waals surface area contributed by atoms with E-state index in [-0.39, 0.29) is 16.0 Å². The van der Waals surface area contributed by atoms with Crippen molar-refractivity contribution < 1.29 is 17.7 Å². The van der Waals surface area contributed by atoms with Gasteiger partial charge >= 0.3 is 0 Å². The lowest BCUT2D eigenvalue weighted by molar-refractivity contribution is 0.444. The number of aromatic nitrogens is 2. The normalized spacial score (nSPS) is 10.8. The Hall–Kier alpha value is -3.66. The maximum Gasteiger partial charge on any atom is 0.294 e. The minimum Gasteiger partial charge on any atom is -0.439 e. The number of hydrogen-bond acceptors (Lipinski definition) is 6. The van der Waals surface area contributed by atoms with Crippen molar-refractivity contribution in [3.63, 3.8) is 0 Å². The highest BCUT2D eigenvalue weighted by molar-refractivity contribution is 7.85. The van der Waals surface area contributed by atoms with Crippen molar-refractivity contribution in [3.05, 3.63) is 65.4 Å². The summed E-state index contributed by atoms with van der Waals surface area (Å²) in [5, 5.41) is 22.4. The van der Waals surface area contributed by atoms with Gasteiger partial charge in [-0.1, -0.05) is 0 Å². The van der Waals surface area contributed by atoms with Crippen LogP contribution in [0.25, 0.3) is 5.69 Å². The van der Waals surface area contributed by atoms with Gasteiger partial charge in [-0.25, -0.2) is 4.68 Å². The quantitative estimate of drug-likeness (QED) is 0.689. The van der Waals surface area contributed by atoms with E-state index in [4.69, 9.17) is 19.8 Å². The van der Waals surface area contributed by atoms with E-state index in [2.05, 4.69) is 5.10 Å². The molecular weight excluding hydrogens is 368 g/mol. The van der Waals surface area contributed by atoms with Gasteiger partial charge in [0.05, 0.1) is 27.4 Å². The molecule has 0 aliphatic rings. The van der Waals surface area contributed by atoms with Crippen LogP contribution in [0.2, 0.25) is 0 Å². The zero-order valence-corrected chi connectivity index (χ0v) is 14.8. The molecule has 0 amide bonds. The average Bonchev–Trinajstić information content (AvgIpc) is 3.01. The van der Waals surface area contributed by atoms with Gasteiger partial charge in [-0.3, -0.25) is 4.55 Å². The van der Waals surface area contributed by atoms with Crippen LogP contribution in [0.1, 0.15) is 16.8 Å². The highest BCUT2D eigenvalue weighted by atomic mass is 32.2. The van der Waals surface area contributed by atoms with Crippen LogP contribution in [-0.4, -0.2) is 22.8 Å². The van der Waals surface area contributed by atoms with E-state index in [1.165, 1.54) is 41.1 Å². The van der Waals surface area contributed by atoms with Crippen molar-refractivity contribution in [2.24, 2.45) is 0 Å². The summed E-state index contributed by atoms with van der Waals surface area (Å²) in [4.78, 5) is -0.233. The highest BCUT2D eigenvalue weighted by Gasteiger charge is 2.14. The largest absolute Gasteiger partial charge is 0.439 e. The van der Waals surface area contributed by atoms with Crippen molar-refractivity contribution in [3.8, 4) is 29.5 Å². The molecule has 0 unspecified atom stereocenters. The molecule has 27 heavy (non-hydrogen) atoms. The van der Waals surface area contributed by atoms with Crippen LogP contribution >= 0.6 is 0 Å². The Morgan fingerprint density at radius 2 is 1.70 bits per heavy atom. The van der Waals surface area contributed by atoms with Gasteiger partial charge in [0.15, 0.2) is 0 Å². The van der Waals surface area contributed by atoms with Gasteiger partial charge in [0.1, 0.15) is 17.9 Å². The first-order valence-corrected chi connectivity index (χ1v) is 9.02. The first-order chi connectivity index (χ1) is 12.8. The summed E-state index contributed by atoms with van der Waals surface area (Å²) in [6, 6.07) is 15.5. The smallest absolute Gasteiger partial charge is 0.294 e. The number of aryl methyl sites for hydroxylation is 1. The Morgan fingerprint density at radius 1 is 1.04 bits per heavy atom. The third kappa shape index (κ3) is 3.80. The maximum atomic E-state index is 11.2. The molecule has 1 aromatic heterocycles. The van der Waals surface area contributed by atoms with Crippen LogP contribution in [0.5, 0.6) is 11.6 Å². The van der Waals surface area contributed by atoms with Gasteiger partial charge in [0, 0.05) is 6.07 Å². The van der Waals surface area contributed by atoms with Gasteiger partial charge < -0.3 is 4.74 Å². The lowest BCUT2D eigenvalue weighted by Gasteiger charge is -2.10. The zero-order chi connectivity index (χ0) is 19.6. The van der Waals surface area contributed by atoms with Gasteiger partial charge in [-0.15, -0.1) is 0 Å². The van der Waals surface area contributed by atoms with E-state index in [0.29, 0.717) is 23.0 Å². The SMILES string of the molecule is Cc1cc(Oc2ccc(C#N)c(C#N)c2)n(-c2ccc(S(=O)(=O)O)cc2)n1. The molecule has 9 heteroatoms. The van der Waals surface area contributed by atoms with E-state index in [1.807, 2.05) is 12.1 Å². The molecule has 134 valence electrons. The topological polar surface area (TPSA) is 129 Å². The summed E-state index contributed by atoms with van der Waals surface area (Å²) >= 11 is 0. The van der Waals surface area contributed by atoms with Crippen LogP contribution < -0.4 is 4.74 Å². The van der Waals surface area contributed by atoms with Crippen LogP contribution in [0.4, 0.5) is 0 Å². The first-order valence-electron chi connectivity index (χ1n) is 7.58. The van der Waals surface area contributed by atoms with Gasteiger partial charge in [0.25, 0.3) is 10.1 Å². The second-order valence-corrected chi connectivity index (χ2v) is 6.96. The predicted molar refractivity (Wildman–Crippen MR) is 94.1 cm³/mol. The van der Waals surface area contributed by atoms with E-state index in [0.717, 1.165) is 0 Å². The monoisotopic (exact) mass is 380 g/mol. The lowest BCUT2D eigenvalue weighted by Crippen LogP contribution is -2.02. The molecule has 0 spiro atoms. The molecule has 0 saturated heterocycles. The molecule has 8 nitrogen and oxygen atoms in total. The molecule has 1 N–H and O–H groups in total. The molecule has 0 atom stereocenters. The summed E-state index contributed by atoms with van der Waals surface area (Å²) in [6.07, 6.45) is 0. The summed E-state index contributed by atoms with van der Waals surface area (Å²) in [7, 11) is -4.29. The Morgan fingerprint density at radius 3 is 2.30 bits per heavy atom. The molecule has 0 aliphatic carbocycles. The molecule has 3 rings (SSSR count). The molecule has 3 aromatic rings. The number of nitrogens with zero attached hydrogens (tertiary/aromatic N) is 4. The second-order valence-electron chi connectivity index (χ2n) is 5.54. The minimum absolute atomic E-state index is 0.190. The van der Waals surface area contributed by atoms with Crippen LogP contribution in [-0.2, 0) is 10.1 Å². The van der Waals surface area contributed by atoms with Gasteiger partial charge in [-0.05, 0) is 49.4 Å². The van der Waals surface area contributed by atoms with E-state index in [9.17, 15) is 8.42 Å². The first kappa shape index (κ1) is 18.1.